The van der Waals surface area contributed by atoms with Gasteiger partial charge >= 0.3 is 0 Å². The monoisotopic (exact) mass is 502 g/mol. The van der Waals surface area contributed by atoms with E-state index in [1.807, 2.05) is 26.8 Å². The first-order valence-electron chi connectivity index (χ1n) is 12.1. The maximum absolute atomic E-state index is 13.3. The van der Waals surface area contributed by atoms with Crippen LogP contribution in [-0.4, -0.2) is 51.5 Å². The number of nitriles is 1. The molecule has 184 valence electrons. The van der Waals surface area contributed by atoms with Crippen LogP contribution in [0.5, 0.6) is 0 Å². The number of morpholine rings is 1. The van der Waals surface area contributed by atoms with E-state index in [-0.39, 0.29) is 29.2 Å². The first-order valence-corrected chi connectivity index (χ1v) is 13.3. The maximum atomic E-state index is 13.3. The Kier molecular flexibility index (Phi) is 8.96. The van der Waals surface area contributed by atoms with Gasteiger partial charge in [0.05, 0.1) is 17.1 Å². The molecule has 1 aromatic heterocycles. The van der Waals surface area contributed by atoms with Crippen LogP contribution in [0.1, 0.15) is 70.1 Å². The van der Waals surface area contributed by atoms with Crippen LogP contribution in [0.4, 0.5) is 5.82 Å². The molecule has 34 heavy (non-hydrogen) atoms. The smallest absolute Gasteiger partial charge is 0.270 e. The number of thiocarbonyl (C=S) groups is 1. The van der Waals surface area contributed by atoms with Crippen molar-refractivity contribution in [3.05, 3.63) is 31.9 Å². The highest BCUT2D eigenvalue weighted by Crippen LogP contribution is 2.36. The molecule has 9 heteroatoms. The maximum Gasteiger partial charge on any atom is 0.270 e. The van der Waals surface area contributed by atoms with Gasteiger partial charge in [0.1, 0.15) is 21.8 Å². The first kappa shape index (κ1) is 26.5. The van der Waals surface area contributed by atoms with E-state index >= 15 is 0 Å². The second-order valence-corrected chi connectivity index (χ2v) is 10.7. The van der Waals surface area contributed by atoms with E-state index in [9.17, 15) is 14.9 Å². The molecule has 0 bridgehead atoms. The summed E-state index contributed by atoms with van der Waals surface area (Å²) in [5, 5.41) is 9.80. The number of nitrogens with zero attached hydrogens (tertiary/aromatic N) is 4. The number of carbonyl (C=O) groups is 1. The predicted molar refractivity (Wildman–Crippen MR) is 142 cm³/mol. The molecule has 1 amide bonds. The molecule has 1 aromatic rings. The number of amides is 1. The number of ether oxygens (including phenoxy) is 1. The molecule has 7 nitrogen and oxygen atoms in total. The van der Waals surface area contributed by atoms with Crippen molar-refractivity contribution in [2.24, 2.45) is 0 Å². The van der Waals surface area contributed by atoms with Crippen molar-refractivity contribution < 1.29 is 9.53 Å². The SMILES string of the molecule is CCCCCN1C(=O)/C(=C\c2c(C)c(C#N)c(=O)n(CCC)c2N2CC(C)OC(C)C2)SC1=S. The Morgan fingerprint density at radius 3 is 2.41 bits per heavy atom. The fourth-order valence-electron chi connectivity index (χ4n) is 4.61. The zero-order chi connectivity index (χ0) is 25.0. The van der Waals surface area contributed by atoms with Crippen LogP contribution in [0.3, 0.4) is 0 Å². The van der Waals surface area contributed by atoms with Gasteiger partial charge in [-0.2, -0.15) is 5.26 Å². The Morgan fingerprint density at radius 2 is 1.82 bits per heavy atom. The summed E-state index contributed by atoms with van der Waals surface area (Å²) >= 11 is 6.80. The molecule has 0 radical (unpaired) electrons. The Balaban J connectivity index is 2.17. The normalized spacial score (nSPS) is 22.1. The van der Waals surface area contributed by atoms with E-state index in [2.05, 4.69) is 17.9 Å². The highest BCUT2D eigenvalue weighted by atomic mass is 32.2. The quantitative estimate of drug-likeness (QED) is 0.295. The topological polar surface area (TPSA) is 78.6 Å². The van der Waals surface area contributed by atoms with E-state index in [1.54, 1.807) is 16.4 Å². The van der Waals surface area contributed by atoms with Crippen LogP contribution < -0.4 is 10.5 Å². The molecule has 0 aliphatic carbocycles. The summed E-state index contributed by atoms with van der Waals surface area (Å²) in [6.07, 6.45) is 5.59. The molecule has 0 spiro atoms. The molecule has 0 saturated carbocycles. The summed E-state index contributed by atoms with van der Waals surface area (Å²) < 4.78 is 8.19. The average molecular weight is 503 g/mol. The van der Waals surface area contributed by atoms with Crippen LogP contribution in [0.25, 0.3) is 6.08 Å². The molecule has 3 rings (SSSR count). The molecule has 2 aliphatic heterocycles. The van der Waals surface area contributed by atoms with Gasteiger partial charge in [-0.05, 0) is 45.3 Å². The van der Waals surface area contributed by atoms with Crippen molar-refractivity contribution in [1.29, 1.82) is 5.26 Å². The van der Waals surface area contributed by atoms with Gasteiger partial charge in [0, 0.05) is 31.7 Å². The number of aromatic nitrogens is 1. The van der Waals surface area contributed by atoms with Crippen molar-refractivity contribution in [3.8, 4) is 6.07 Å². The summed E-state index contributed by atoms with van der Waals surface area (Å²) in [6.45, 7) is 12.3. The molecular formula is C25H34N4O3S2. The van der Waals surface area contributed by atoms with E-state index in [0.29, 0.717) is 41.0 Å². The summed E-state index contributed by atoms with van der Waals surface area (Å²) in [5.41, 5.74) is 1.17. The Bertz CT molecular complexity index is 1080. The van der Waals surface area contributed by atoms with Gasteiger partial charge in [-0.3, -0.25) is 19.1 Å². The number of thioether (sulfide) groups is 1. The summed E-state index contributed by atoms with van der Waals surface area (Å²) in [5.74, 6) is 0.647. The minimum absolute atomic E-state index is 0.00509. The van der Waals surface area contributed by atoms with Crippen molar-refractivity contribution in [3.63, 3.8) is 0 Å². The highest BCUT2D eigenvalue weighted by molar-refractivity contribution is 8.26. The van der Waals surface area contributed by atoms with Crippen LogP contribution in [0.15, 0.2) is 9.70 Å². The van der Waals surface area contributed by atoms with Crippen LogP contribution in [0.2, 0.25) is 0 Å². The molecule has 2 aliphatic rings. The summed E-state index contributed by atoms with van der Waals surface area (Å²) in [6, 6.07) is 2.10. The van der Waals surface area contributed by atoms with Crippen molar-refractivity contribution >= 4 is 46.1 Å². The molecule has 3 heterocycles. The minimum atomic E-state index is -0.284. The third-order valence-corrected chi connectivity index (χ3v) is 7.52. The zero-order valence-corrected chi connectivity index (χ0v) is 22.4. The predicted octanol–water partition coefficient (Wildman–Crippen LogP) is 4.44. The highest BCUT2D eigenvalue weighted by Gasteiger charge is 2.34. The van der Waals surface area contributed by atoms with Gasteiger partial charge in [-0.25, -0.2) is 0 Å². The number of hydrogen-bond acceptors (Lipinski definition) is 7. The molecule has 2 saturated heterocycles. The van der Waals surface area contributed by atoms with Crippen LogP contribution in [-0.2, 0) is 16.1 Å². The fraction of sp³-hybridized carbons (Fsp3) is 0.600. The standard InChI is InChI=1S/C25H34N4O3S2/c1-6-8-9-11-29-24(31)21(34-25(29)33)12-19-18(5)20(13-26)23(30)28(10-7-2)22(19)27-14-16(3)32-17(4)15-27/h12,16-17H,6-11,14-15H2,1-5H3/b21-12+. The Labute approximate surface area is 211 Å². The van der Waals surface area contributed by atoms with E-state index in [1.165, 1.54) is 11.8 Å². The van der Waals surface area contributed by atoms with Gasteiger partial charge in [-0.15, -0.1) is 0 Å². The fourth-order valence-corrected chi connectivity index (χ4v) is 5.90. The summed E-state index contributed by atoms with van der Waals surface area (Å²) in [4.78, 5) is 30.9. The molecule has 0 N–H and O–H groups in total. The number of pyridine rings is 1. The number of carbonyl (C=O) groups excluding carboxylic acids is 1. The minimum Gasteiger partial charge on any atom is -0.372 e. The third-order valence-electron chi connectivity index (χ3n) is 6.15. The average Bonchev–Trinajstić information content (AvgIpc) is 3.04. The van der Waals surface area contributed by atoms with Crippen molar-refractivity contribution in [2.45, 2.75) is 79.1 Å². The van der Waals surface area contributed by atoms with E-state index in [4.69, 9.17) is 17.0 Å². The van der Waals surface area contributed by atoms with Gasteiger partial charge in [-0.1, -0.05) is 50.7 Å². The van der Waals surface area contributed by atoms with Gasteiger partial charge in [0.2, 0.25) is 0 Å². The first-order chi connectivity index (χ1) is 16.2. The molecule has 0 aromatic carbocycles. The molecular weight excluding hydrogens is 468 g/mol. The summed E-state index contributed by atoms with van der Waals surface area (Å²) in [7, 11) is 0. The lowest BCUT2D eigenvalue weighted by molar-refractivity contribution is -0.122. The van der Waals surface area contributed by atoms with Crippen LogP contribution >= 0.6 is 24.0 Å². The lowest BCUT2D eigenvalue weighted by atomic mass is 10.0. The largest absolute Gasteiger partial charge is 0.372 e. The van der Waals surface area contributed by atoms with Crippen molar-refractivity contribution in [2.75, 3.05) is 24.5 Å². The van der Waals surface area contributed by atoms with Gasteiger partial charge in [0.25, 0.3) is 11.5 Å². The van der Waals surface area contributed by atoms with Crippen LogP contribution in [0, 0.1) is 18.3 Å². The molecule has 2 atom stereocenters. The van der Waals surface area contributed by atoms with Gasteiger partial charge in [0.15, 0.2) is 0 Å². The number of hydrogen-bond donors (Lipinski definition) is 0. The van der Waals surface area contributed by atoms with Gasteiger partial charge < -0.3 is 9.64 Å². The van der Waals surface area contributed by atoms with E-state index in [0.717, 1.165) is 37.1 Å². The van der Waals surface area contributed by atoms with E-state index < -0.39 is 0 Å². The second-order valence-electron chi connectivity index (χ2n) is 9.01. The lowest BCUT2D eigenvalue weighted by Crippen LogP contribution is -2.48. The number of unbranched alkanes of at least 4 members (excludes halogenated alkanes) is 2. The third kappa shape index (κ3) is 5.40. The zero-order valence-electron chi connectivity index (χ0n) is 20.7. The van der Waals surface area contributed by atoms with Crippen molar-refractivity contribution in [1.82, 2.24) is 9.47 Å². The lowest BCUT2D eigenvalue weighted by Gasteiger charge is -2.39. The Hall–Kier alpha value is -2.15. The Morgan fingerprint density at radius 1 is 1.15 bits per heavy atom. The molecule has 2 unspecified atom stereocenters. The number of anilines is 1. The number of rotatable bonds is 8. The molecule has 2 fully saturated rings. The second kappa shape index (κ2) is 11.5.